The second-order valence-corrected chi connectivity index (χ2v) is 10.2. The molecule has 2 aliphatic rings. The maximum Gasteiger partial charge on any atom is 0.354 e. The molecule has 4 aromatic rings. The number of nitrogens with one attached hydrogen (secondary N) is 1. The molecule has 5 N–H and O–H groups in total. The molecule has 0 bridgehead atoms. The van der Waals surface area contributed by atoms with Gasteiger partial charge in [0.05, 0.1) is 32.9 Å². The van der Waals surface area contributed by atoms with Crippen molar-refractivity contribution in [3.63, 3.8) is 0 Å². The maximum atomic E-state index is 12.5. The Hall–Kier alpha value is -5.94. The number of carboxylic acid groups (broad SMARTS) is 3. The maximum absolute atomic E-state index is 12.5. The zero-order chi connectivity index (χ0) is 31.3. The van der Waals surface area contributed by atoms with Gasteiger partial charge in [0.1, 0.15) is 22.8 Å². The number of phenolic OH excluding ortho intramolecular Hbond substituents is 1. The number of phenols is 1. The topological polar surface area (TPSA) is 187 Å². The molecule has 2 heterocycles. The first kappa shape index (κ1) is 28.2. The summed E-state index contributed by atoms with van der Waals surface area (Å²) in [4.78, 5) is 52.4. The first-order chi connectivity index (χ1) is 21.0. The number of halogens is 1. The number of pyridine rings is 1. The molecule has 0 amide bonds. The minimum atomic E-state index is -1.32. The Morgan fingerprint density at radius 3 is 2.39 bits per heavy atom. The second kappa shape index (κ2) is 10.7. The van der Waals surface area contributed by atoms with Gasteiger partial charge < -0.3 is 30.2 Å². The van der Waals surface area contributed by atoms with Crippen molar-refractivity contribution in [1.82, 2.24) is 4.98 Å². The summed E-state index contributed by atoms with van der Waals surface area (Å²) >= 11 is 6.18. The number of hydrogen-bond acceptors (Lipinski definition) is 8. The van der Waals surface area contributed by atoms with Crippen molar-refractivity contribution in [3.05, 3.63) is 110 Å². The van der Waals surface area contributed by atoms with Gasteiger partial charge in [-0.15, -0.1) is 0 Å². The minimum absolute atomic E-state index is 0.0174. The van der Waals surface area contributed by atoms with E-state index in [1.165, 1.54) is 42.5 Å². The lowest BCUT2D eigenvalue weighted by Gasteiger charge is -2.20. The van der Waals surface area contributed by atoms with Gasteiger partial charge in [0.25, 0.3) is 0 Å². The monoisotopic (exact) mass is 610 g/mol. The van der Waals surface area contributed by atoms with Gasteiger partial charge in [-0.2, -0.15) is 0 Å². The standard InChI is InChI=1S/C32H19ClN2O9/c33-21-11-19-26(12-25(21)37)44-29-17(27(19)18-10-15(30(38)39)4-6-16(18)31(40)41)7-9-24(36)20(29)13-34-22-3-1-2-14-5-8-23(32(42)43)35-28(14)22/h1-12,34,36H,13H2,(H,38,39)(H,40,41)(H,42,43). The van der Waals surface area contributed by atoms with Crippen LogP contribution in [-0.2, 0) is 6.54 Å². The van der Waals surface area contributed by atoms with Crippen LogP contribution in [0.4, 0.5) is 5.69 Å². The van der Waals surface area contributed by atoms with Gasteiger partial charge in [-0.1, -0.05) is 29.8 Å². The molecule has 0 unspecified atom stereocenters. The second-order valence-electron chi connectivity index (χ2n) is 9.80. The van der Waals surface area contributed by atoms with E-state index in [0.717, 1.165) is 6.07 Å². The van der Waals surface area contributed by atoms with Gasteiger partial charge in [-0.25, -0.2) is 19.4 Å². The summed E-state index contributed by atoms with van der Waals surface area (Å²) in [5, 5.41) is 44.0. The molecule has 6 rings (SSSR count). The van der Waals surface area contributed by atoms with Gasteiger partial charge in [0.15, 0.2) is 0 Å². The Bertz CT molecular complexity index is 2230. The number of carboxylic acids is 3. The highest BCUT2D eigenvalue weighted by Gasteiger charge is 2.26. The molecule has 218 valence electrons. The molecule has 0 fully saturated rings. The van der Waals surface area contributed by atoms with E-state index in [1.807, 2.05) is 0 Å². The summed E-state index contributed by atoms with van der Waals surface area (Å²) in [6.07, 6.45) is 0. The number of aromatic carboxylic acids is 3. The molecule has 1 aliphatic carbocycles. The Morgan fingerprint density at radius 2 is 1.66 bits per heavy atom. The Kier molecular flexibility index (Phi) is 6.87. The molecule has 0 saturated carbocycles. The molecular formula is C32H19ClN2O9. The Labute approximate surface area is 251 Å². The van der Waals surface area contributed by atoms with Gasteiger partial charge in [-0.3, -0.25) is 4.79 Å². The van der Waals surface area contributed by atoms with Gasteiger partial charge in [-0.05, 0) is 54.1 Å². The Balaban J connectivity index is 1.61. The first-order valence-electron chi connectivity index (χ1n) is 12.9. The number of hydrogen-bond donors (Lipinski definition) is 5. The van der Waals surface area contributed by atoms with E-state index in [9.17, 15) is 39.6 Å². The number of aromatic nitrogens is 1. The third-order valence-electron chi connectivity index (χ3n) is 7.18. The zero-order valence-corrected chi connectivity index (χ0v) is 23.0. The van der Waals surface area contributed by atoms with Crippen LogP contribution in [0.3, 0.4) is 0 Å². The van der Waals surface area contributed by atoms with E-state index < -0.39 is 23.3 Å². The lowest BCUT2D eigenvalue weighted by molar-refractivity contribution is 0.0682. The van der Waals surface area contributed by atoms with E-state index in [-0.39, 0.29) is 67.7 Å². The SMILES string of the molecule is O=C(O)c1ccc(C(=O)O)c(-c2c3cc(Cl)c(=O)cc-3oc3c(CNc4cccc5ccc(C(=O)O)nc45)c(O)ccc23)c1. The summed E-state index contributed by atoms with van der Waals surface area (Å²) < 4.78 is 6.14. The molecule has 3 aromatic carbocycles. The summed E-state index contributed by atoms with van der Waals surface area (Å²) in [5.41, 5.74) is 0.511. The highest BCUT2D eigenvalue weighted by Crippen LogP contribution is 2.44. The number of para-hydroxylation sites is 1. The smallest absolute Gasteiger partial charge is 0.354 e. The molecule has 11 nitrogen and oxygen atoms in total. The quantitative estimate of drug-likeness (QED) is 0.130. The molecular weight excluding hydrogens is 592 g/mol. The van der Waals surface area contributed by atoms with Crippen LogP contribution in [-0.4, -0.2) is 43.3 Å². The average Bonchev–Trinajstić information content (AvgIpc) is 2.99. The lowest BCUT2D eigenvalue weighted by atomic mass is 9.89. The van der Waals surface area contributed by atoms with Crippen molar-refractivity contribution in [3.8, 4) is 28.2 Å². The highest BCUT2D eigenvalue weighted by atomic mass is 35.5. The normalized spacial score (nSPS) is 11.2. The van der Waals surface area contributed by atoms with Crippen LogP contribution in [0.15, 0.2) is 82.0 Å². The van der Waals surface area contributed by atoms with Crippen LogP contribution >= 0.6 is 11.6 Å². The number of rotatable bonds is 7. The molecule has 12 heteroatoms. The average molecular weight is 611 g/mol. The van der Waals surface area contributed by atoms with Crippen molar-refractivity contribution in [2.24, 2.45) is 0 Å². The number of benzene rings is 4. The van der Waals surface area contributed by atoms with Crippen LogP contribution in [0, 0.1) is 0 Å². The number of carbonyl (C=O) groups is 3. The number of anilines is 1. The van der Waals surface area contributed by atoms with E-state index in [0.29, 0.717) is 22.0 Å². The molecule has 1 aliphatic heterocycles. The third kappa shape index (κ3) is 4.80. The minimum Gasteiger partial charge on any atom is -0.507 e. The largest absolute Gasteiger partial charge is 0.507 e. The van der Waals surface area contributed by atoms with Crippen LogP contribution in [0.2, 0.25) is 5.02 Å². The van der Waals surface area contributed by atoms with Crippen molar-refractivity contribution in [2.45, 2.75) is 6.54 Å². The predicted octanol–water partition coefficient (Wildman–Crippen LogP) is 6.18. The third-order valence-corrected chi connectivity index (χ3v) is 7.48. The molecule has 0 atom stereocenters. The summed E-state index contributed by atoms with van der Waals surface area (Å²) in [6.45, 7) is -0.0749. The number of fused-ring (bicyclic) bond motifs is 3. The molecule has 44 heavy (non-hydrogen) atoms. The van der Waals surface area contributed by atoms with E-state index >= 15 is 0 Å². The number of nitrogens with zero attached hydrogens (tertiary/aromatic N) is 1. The van der Waals surface area contributed by atoms with Crippen LogP contribution in [0.5, 0.6) is 5.75 Å². The first-order valence-corrected chi connectivity index (χ1v) is 13.3. The van der Waals surface area contributed by atoms with Crippen molar-refractivity contribution in [2.75, 3.05) is 5.32 Å². The summed E-state index contributed by atoms with van der Waals surface area (Å²) in [5.74, 6) is -3.99. The predicted molar refractivity (Wildman–Crippen MR) is 161 cm³/mol. The van der Waals surface area contributed by atoms with E-state index in [4.69, 9.17) is 16.0 Å². The molecule has 0 saturated heterocycles. The van der Waals surface area contributed by atoms with Crippen LogP contribution < -0.4 is 10.7 Å². The molecule has 1 aromatic heterocycles. The van der Waals surface area contributed by atoms with Crippen LogP contribution in [0.1, 0.15) is 36.8 Å². The lowest BCUT2D eigenvalue weighted by Crippen LogP contribution is -2.08. The van der Waals surface area contributed by atoms with Gasteiger partial charge in [0.2, 0.25) is 5.43 Å². The van der Waals surface area contributed by atoms with Crippen molar-refractivity contribution in [1.29, 1.82) is 0 Å². The molecule has 0 radical (unpaired) electrons. The van der Waals surface area contributed by atoms with E-state index in [1.54, 1.807) is 24.3 Å². The van der Waals surface area contributed by atoms with Crippen LogP contribution in [0.25, 0.3) is 44.3 Å². The van der Waals surface area contributed by atoms with Gasteiger partial charge >= 0.3 is 17.9 Å². The zero-order valence-electron chi connectivity index (χ0n) is 22.3. The Morgan fingerprint density at radius 1 is 0.864 bits per heavy atom. The number of aromatic hydroxyl groups is 1. The van der Waals surface area contributed by atoms with E-state index in [2.05, 4.69) is 10.3 Å². The van der Waals surface area contributed by atoms with Gasteiger partial charge in [0, 0.05) is 34.5 Å². The fourth-order valence-electron chi connectivity index (χ4n) is 5.12. The van der Waals surface area contributed by atoms with Crippen molar-refractivity contribution < 1.29 is 39.2 Å². The summed E-state index contributed by atoms with van der Waals surface area (Å²) in [7, 11) is 0. The van der Waals surface area contributed by atoms with Crippen molar-refractivity contribution >= 4 is 57.1 Å². The highest BCUT2D eigenvalue weighted by molar-refractivity contribution is 6.31. The summed E-state index contributed by atoms with van der Waals surface area (Å²) in [6, 6.07) is 17.1. The fraction of sp³-hybridized carbons (Fsp3) is 0.0312. The fourth-order valence-corrected chi connectivity index (χ4v) is 5.29. The molecule has 0 spiro atoms.